The summed E-state index contributed by atoms with van der Waals surface area (Å²) in [4.78, 5) is 67.6. The number of hydrogen-bond donors (Lipinski definition) is 5. The Morgan fingerprint density at radius 1 is 1.00 bits per heavy atom. The van der Waals surface area contributed by atoms with E-state index in [1.165, 1.54) is 43.3 Å². The summed E-state index contributed by atoms with van der Waals surface area (Å²) in [5.41, 5.74) is 3.83. The lowest BCUT2D eigenvalue weighted by atomic mass is 9.52. The Hall–Kier alpha value is -4.41. The molecule has 2 saturated carbocycles. The first kappa shape index (κ1) is 28.1. The number of phenols is 1. The van der Waals surface area contributed by atoms with E-state index < -0.39 is 70.1 Å². The van der Waals surface area contributed by atoms with Gasteiger partial charge >= 0.3 is 0 Å². The molecule has 0 heterocycles. The van der Waals surface area contributed by atoms with E-state index in [9.17, 15) is 34.2 Å². The quantitative estimate of drug-likeness (QED) is 0.190. The first-order valence-corrected chi connectivity index (χ1v) is 12.8. The van der Waals surface area contributed by atoms with Crippen LogP contribution in [-0.2, 0) is 25.6 Å². The van der Waals surface area contributed by atoms with Gasteiger partial charge in [0.1, 0.15) is 5.75 Å². The summed E-state index contributed by atoms with van der Waals surface area (Å²) in [6.45, 7) is 0. The van der Waals surface area contributed by atoms with Crippen LogP contribution in [0.3, 0.4) is 0 Å². The van der Waals surface area contributed by atoms with Crippen LogP contribution in [-0.4, -0.2) is 80.3 Å². The molecule has 41 heavy (non-hydrogen) atoms. The topological polar surface area (TPSA) is 199 Å². The number of likely N-dealkylation sites (N-methyl/N-ethyl adjacent to an activating group) is 1. The Bertz CT molecular complexity index is 1570. The monoisotopic (exact) mass is 561 g/mol. The largest absolute Gasteiger partial charge is 0.507 e. The molecule has 6 atom stereocenters. The molecular weight excluding hydrogens is 534 g/mol. The van der Waals surface area contributed by atoms with Gasteiger partial charge < -0.3 is 15.9 Å². The van der Waals surface area contributed by atoms with Gasteiger partial charge in [0.2, 0.25) is 5.91 Å². The van der Waals surface area contributed by atoms with E-state index in [4.69, 9.17) is 16.1 Å². The number of ketones is 4. The third kappa shape index (κ3) is 4.22. The second kappa shape index (κ2) is 9.90. The van der Waals surface area contributed by atoms with Crippen molar-refractivity contribution in [2.24, 2.45) is 29.4 Å². The summed E-state index contributed by atoms with van der Waals surface area (Å²) in [5.74, 6) is -5.27. The standard InChI is InChI=1S/C29H27N3O9/c1-31(2)23-18-12-15-11-17-14(6-3-13-4-8-16(9-5-13)32(40)41)7-10-19(33)21(17)24(34)20(15)26(36)29(18,39)27(37)22(25(23)35)28(30)38/h4-5,7-10,15,18,20,22-23,33,39-41H,11-12H2,1-2H3,(H2,30,38)/t15-,18-,20?,22?,23-,29-/m0/s1. The van der Waals surface area contributed by atoms with E-state index in [1.54, 1.807) is 12.1 Å². The van der Waals surface area contributed by atoms with Gasteiger partial charge in [0.05, 0.1) is 23.2 Å². The summed E-state index contributed by atoms with van der Waals surface area (Å²) < 4.78 is 0. The number of hydrogen-bond acceptors (Lipinski definition) is 11. The van der Waals surface area contributed by atoms with Crippen molar-refractivity contribution < 1.29 is 44.6 Å². The Morgan fingerprint density at radius 2 is 1.66 bits per heavy atom. The highest BCUT2D eigenvalue weighted by molar-refractivity contribution is 6.32. The van der Waals surface area contributed by atoms with E-state index in [1.807, 2.05) is 0 Å². The molecule has 2 fully saturated rings. The highest BCUT2D eigenvalue weighted by atomic mass is 16.8. The molecule has 0 aliphatic heterocycles. The van der Waals surface area contributed by atoms with Crippen molar-refractivity contribution in [3.8, 4) is 17.6 Å². The molecule has 3 aliphatic carbocycles. The molecule has 0 radical (unpaired) electrons. The van der Waals surface area contributed by atoms with Gasteiger partial charge in [0.15, 0.2) is 34.7 Å². The number of phenolic OH excluding ortho intramolecular Hbond substituents is 1. The molecule has 12 nitrogen and oxygen atoms in total. The van der Waals surface area contributed by atoms with Gasteiger partial charge in [-0.3, -0.25) is 39.3 Å². The van der Waals surface area contributed by atoms with Crippen molar-refractivity contribution in [3.05, 3.63) is 58.7 Å². The smallest absolute Gasteiger partial charge is 0.235 e. The van der Waals surface area contributed by atoms with E-state index >= 15 is 0 Å². The molecule has 1 amide bonds. The lowest BCUT2D eigenvalue weighted by Gasteiger charge is -2.52. The third-order valence-electron chi connectivity index (χ3n) is 8.38. The maximum absolute atomic E-state index is 13.8. The molecule has 2 aromatic carbocycles. The predicted octanol–water partition coefficient (Wildman–Crippen LogP) is -0.148. The van der Waals surface area contributed by atoms with E-state index in [2.05, 4.69) is 11.8 Å². The number of carbonyl (C=O) groups is 5. The molecule has 2 unspecified atom stereocenters. The van der Waals surface area contributed by atoms with E-state index in [0.717, 1.165) is 0 Å². The highest BCUT2D eigenvalue weighted by Gasteiger charge is 2.69. The number of benzene rings is 2. The number of carbonyl (C=O) groups excluding carboxylic acids is 5. The van der Waals surface area contributed by atoms with Crippen molar-refractivity contribution in [2.75, 3.05) is 19.3 Å². The van der Waals surface area contributed by atoms with Crippen LogP contribution in [0.2, 0.25) is 0 Å². The second-order valence-electron chi connectivity index (χ2n) is 10.9. The number of nitrogens with zero attached hydrogens (tertiary/aromatic N) is 2. The van der Waals surface area contributed by atoms with Gasteiger partial charge in [0.25, 0.3) is 0 Å². The minimum atomic E-state index is -2.78. The van der Waals surface area contributed by atoms with Crippen LogP contribution in [0.5, 0.6) is 5.75 Å². The zero-order valence-electron chi connectivity index (χ0n) is 22.1. The maximum Gasteiger partial charge on any atom is 0.235 e. The molecule has 0 spiro atoms. The molecule has 0 saturated heterocycles. The Kier molecular flexibility index (Phi) is 6.79. The number of anilines is 1. The fraction of sp³-hybridized carbons (Fsp3) is 0.345. The molecule has 212 valence electrons. The van der Waals surface area contributed by atoms with Crippen molar-refractivity contribution in [1.82, 2.24) is 4.90 Å². The number of nitrogens with two attached hydrogens (primary N) is 1. The van der Waals surface area contributed by atoms with Crippen LogP contribution >= 0.6 is 0 Å². The van der Waals surface area contributed by atoms with Crippen molar-refractivity contribution >= 4 is 34.7 Å². The minimum Gasteiger partial charge on any atom is -0.507 e. The fourth-order valence-electron chi connectivity index (χ4n) is 6.54. The molecule has 0 aromatic heterocycles. The SMILES string of the molecule is CN(C)[C@@H]1C(=O)C(C(N)=O)C(=O)[C@@]2(O)C(=O)C3C(=O)c4c(O)ccc(C#Cc5ccc(N(O)O)cc5)c4C[C@H]3C[C@@H]12. The van der Waals surface area contributed by atoms with Crippen LogP contribution in [0.1, 0.15) is 33.5 Å². The molecule has 6 N–H and O–H groups in total. The zero-order chi connectivity index (χ0) is 30.0. The number of amides is 1. The van der Waals surface area contributed by atoms with Gasteiger partial charge in [-0.15, -0.1) is 5.23 Å². The molecule has 12 heteroatoms. The summed E-state index contributed by atoms with van der Waals surface area (Å²) in [6.07, 6.45) is 0.0277. The van der Waals surface area contributed by atoms with Gasteiger partial charge in [-0.25, -0.2) is 0 Å². The van der Waals surface area contributed by atoms with E-state index in [-0.39, 0.29) is 29.3 Å². The third-order valence-corrected chi connectivity index (χ3v) is 8.38. The second-order valence-corrected chi connectivity index (χ2v) is 10.9. The Labute approximate surface area is 233 Å². The molecular formula is C29H27N3O9. The first-order chi connectivity index (χ1) is 19.3. The zero-order valence-corrected chi connectivity index (χ0v) is 22.1. The Morgan fingerprint density at radius 3 is 2.24 bits per heavy atom. The Balaban J connectivity index is 1.58. The maximum atomic E-state index is 13.8. The van der Waals surface area contributed by atoms with Crippen LogP contribution in [0.25, 0.3) is 0 Å². The highest BCUT2D eigenvalue weighted by Crippen LogP contribution is 2.50. The van der Waals surface area contributed by atoms with Gasteiger partial charge in [-0.1, -0.05) is 11.8 Å². The van der Waals surface area contributed by atoms with Crippen LogP contribution in [0.4, 0.5) is 5.69 Å². The summed E-state index contributed by atoms with van der Waals surface area (Å²) in [7, 11) is 3.04. The van der Waals surface area contributed by atoms with Crippen molar-refractivity contribution in [1.29, 1.82) is 0 Å². The number of Topliss-reactive ketones (excluding diaryl/α,β-unsaturated/α-hetero) is 4. The number of aromatic hydroxyl groups is 1. The average molecular weight is 562 g/mol. The van der Waals surface area contributed by atoms with Crippen LogP contribution in [0, 0.1) is 35.5 Å². The van der Waals surface area contributed by atoms with Gasteiger partial charge in [-0.05, 0) is 74.8 Å². The van der Waals surface area contributed by atoms with Crippen molar-refractivity contribution in [2.45, 2.75) is 24.5 Å². The number of primary amides is 1. The lowest BCUT2D eigenvalue weighted by Crippen LogP contribution is -2.74. The summed E-state index contributed by atoms with van der Waals surface area (Å²) in [5, 5.41) is 40.5. The lowest BCUT2D eigenvalue weighted by molar-refractivity contribution is -0.181. The van der Waals surface area contributed by atoms with Crippen LogP contribution < -0.4 is 11.0 Å². The summed E-state index contributed by atoms with van der Waals surface area (Å²) in [6, 6.07) is 7.56. The predicted molar refractivity (Wildman–Crippen MR) is 140 cm³/mol. The number of rotatable bonds is 3. The molecule has 0 bridgehead atoms. The number of aliphatic hydroxyl groups is 1. The molecule has 5 rings (SSSR count). The van der Waals surface area contributed by atoms with Gasteiger partial charge in [0, 0.05) is 17.0 Å². The fourth-order valence-corrected chi connectivity index (χ4v) is 6.54. The molecule has 2 aromatic rings. The first-order valence-electron chi connectivity index (χ1n) is 12.8. The summed E-state index contributed by atoms with van der Waals surface area (Å²) >= 11 is 0. The van der Waals surface area contributed by atoms with Crippen molar-refractivity contribution in [3.63, 3.8) is 0 Å². The molecule has 3 aliphatic rings. The average Bonchev–Trinajstić information content (AvgIpc) is 2.90. The van der Waals surface area contributed by atoms with Crippen LogP contribution in [0.15, 0.2) is 36.4 Å². The normalized spacial score (nSPS) is 28.8. The van der Waals surface area contributed by atoms with E-state index in [0.29, 0.717) is 16.7 Å². The number of fused-ring (bicyclic) bond motifs is 3. The minimum absolute atomic E-state index is 0.0372. The van der Waals surface area contributed by atoms with Gasteiger partial charge in [-0.2, -0.15) is 0 Å².